The van der Waals surface area contributed by atoms with Gasteiger partial charge in [0.2, 0.25) is 0 Å². The van der Waals surface area contributed by atoms with E-state index < -0.39 is 9.52 Å². The van der Waals surface area contributed by atoms with E-state index in [2.05, 4.69) is 48.3 Å². The SMILES string of the molecule is C=C(NC(CC[CH-]C)C(=O)CC)C(CC(C)C)NC(=O)c1cc2ccccc2o1.C=S(C)(=O)c1ccccn1.[U]. The summed E-state index contributed by atoms with van der Waals surface area (Å²) in [5.74, 6) is 4.00. The van der Waals surface area contributed by atoms with Crippen LogP contribution < -0.4 is 10.6 Å². The second-order valence-electron chi connectivity index (χ2n) is 10.0. The van der Waals surface area contributed by atoms with E-state index >= 15 is 0 Å². The summed E-state index contributed by atoms with van der Waals surface area (Å²) < 4.78 is 16.9. The number of hydrogen-bond donors (Lipinski definition) is 2. The predicted molar refractivity (Wildman–Crippen MR) is 161 cm³/mol. The summed E-state index contributed by atoms with van der Waals surface area (Å²) in [6.07, 6.45) is 7.99. The number of carbonyl (C=O) groups is 2. The fraction of sp³-hybridized carbons (Fsp3) is 0.387. The molecule has 0 aliphatic heterocycles. The van der Waals surface area contributed by atoms with Crippen molar-refractivity contribution >= 4 is 38.1 Å². The standard InChI is InChI=1S/C24H33N2O3.C7H9NOS.U/c1-6-8-12-19(21(27)7-2)25-17(5)20(14-16(3)4)26-24(28)23-15-18-11-9-10-13-22(18)29-23;1-10(2,9)7-5-3-4-6-8-7;/h6,9-11,13,15-16,19-20,25H,5,7-8,12,14H2,1-4H3,(H,26,28);3-6H,1H2,2H3;/q-1;;. The summed E-state index contributed by atoms with van der Waals surface area (Å²) in [4.78, 5) is 29.0. The molecule has 3 aromatic rings. The predicted octanol–water partition coefficient (Wildman–Crippen LogP) is 5.82. The number of para-hydroxylation sites is 1. The van der Waals surface area contributed by atoms with Gasteiger partial charge in [-0.3, -0.25) is 13.8 Å². The number of nitrogens with one attached hydrogen (secondary N) is 2. The number of amides is 1. The normalized spacial score (nSPS) is 13.7. The molecule has 0 saturated carbocycles. The number of carbonyl (C=O) groups excluding carboxylic acids is 2. The zero-order chi connectivity index (χ0) is 29.0. The van der Waals surface area contributed by atoms with Crippen LogP contribution in [0.3, 0.4) is 0 Å². The van der Waals surface area contributed by atoms with Crippen molar-refractivity contribution in [2.24, 2.45) is 5.92 Å². The first-order valence-corrected chi connectivity index (χ1v) is 15.4. The Labute approximate surface area is 263 Å². The Morgan fingerprint density at radius 1 is 1.10 bits per heavy atom. The number of hydrogen-bond acceptors (Lipinski definition) is 6. The van der Waals surface area contributed by atoms with Crippen molar-refractivity contribution in [1.29, 1.82) is 0 Å². The molecule has 0 bridgehead atoms. The minimum Gasteiger partial charge on any atom is -0.451 e. The minimum atomic E-state index is -2.11. The number of ketones is 1. The Hall–Kier alpha value is -2.34. The molecule has 0 saturated heterocycles. The van der Waals surface area contributed by atoms with Gasteiger partial charge in [-0.1, -0.05) is 58.0 Å². The zero-order valence-corrected chi connectivity index (χ0v) is 29.2. The van der Waals surface area contributed by atoms with Crippen molar-refractivity contribution in [3.05, 3.63) is 79.2 Å². The first kappa shape index (κ1) is 35.7. The largest absolute Gasteiger partial charge is 0.451 e. The van der Waals surface area contributed by atoms with E-state index in [0.717, 1.165) is 11.8 Å². The number of fused-ring (bicyclic) bond motifs is 1. The van der Waals surface area contributed by atoms with Gasteiger partial charge in [-0.2, -0.15) is 13.3 Å². The Morgan fingerprint density at radius 3 is 2.30 bits per heavy atom. The van der Waals surface area contributed by atoms with Crippen LogP contribution in [-0.4, -0.2) is 45.1 Å². The molecule has 9 heteroatoms. The number of unbranched alkanes of at least 4 members (excludes halogenated alkanes) is 1. The minimum absolute atomic E-state index is 0. The van der Waals surface area contributed by atoms with Gasteiger partial charge >= 0.3 is 0 Å². The van der Waals surface area contributed by atoms with Gasteiger partial charge in [-0.05, 0) is 42.5 Å². The van der Waals surface area contributed by atoms with Crippen molar-refractivity contribution in [3.8, 4) is 0 Å². The van der Waals surface area contributed by atoms with Gasteiger partial charge in [0.15, 0.2) is 11.5 Å². The van der Waals surface area contributed by atoms with Crippen molar-refractivity contribution in [2.75, 3.05) is 6.26 Å². The summed E-state index contributed by atoms with van der Waals surface area (Å²) in [7, 11) is -2.11. The van der Waals surface area contributed by atoms with Gasteiger partial charge < -0.3 is 21.5 Å². The number of aromatic nitrogens is 1. The van der Waals surface area contributed by atoms with E-state index in [4.69, 9.17) is 4.42 Å². The molecule has 0 spiro atoms. The van der Waals surface area contributed by atoms with E-state index in [1.165, 1.54) is 0 Å². The van der Waals surface area contributed by atoms with Crippen LogP contribution in [0.1, 0.15) is 63.9 Å². The molecule has 1 amide bonds. The number of rotatable bonds is 13. The van der Waals surface area contributed by atoms with Gasteiger partial charge in [-0.25, -0.2) is 4.98 Å². The third-order valence-corrected chi connectivity index (χ3v) is 7.13. The summed E-state index contributed by atoms with van der Waals surface area (Å²) in [5, 5.41) is 7.77. The van der Waals surface area contributed by atoms with Crippen molar-refractivity contribution in [2.45, 2.75) is 70.5 Å². The third kappa shape index (κ3) is 11.6. The van der Waals surface area contributed by atoms with E-state index in [0.29, 0.717) is 41.5 Å². The van der Waals surface area contributed by atoms with E-state index in [1.54, 1.807) is 36.7 Å². The monoisotopic (exact) mass is 790 g/mol. The van der Waals surface area contributed by atoms with E-state index in [1.807, 2.05) is 38.1 Å². The van der Waals surface area contributed by atoms with Crippen molar-refractivity contribution in [3.63, 3.8) is 0 Å². The fourth-order valence-corrected chi connectivity index (χ4v) is 4.55. The summed E-state index contributed by atoms with van der Waals surface area (Å²) >= 11 is 0. The van der Waals surface area contributed by atoms with Gasteiger partial charge in [0.25, 0.3) is 5.91 Å². The molecular formula is C31H42N3O4SU-. The van der Waals surface area contributed by atoms with E-state index in [9.17, 15) is 13.8 Å². The molecule has 3 unspecified atom stereocenters. The zero-order valence-electron chi connectivity index (χ0n) is 24.2. The van der Waals surface area contributed by atoms with Crippen LogP contribution in [0, 0.1) is 43.5 Å². The molecule has 2 aromatic heterocycles. The number of benzene rings is 1. The fourth-order valence-electron chi connectivity index (χ4n) is 3.90. The van der Waals surface area contributed by atoms with Crippen molar-refractivity contribution in [1.82, 2.24) is 15.6 Å². The number of furan rings is 1. The Bertz CT molecular complexity index is 1300. The smallest absolute Gasteiger partial charge is 0.287 e. The number of pyridine rings is 1. The molecule has 0 aliphatic rings. The summed E-state index contributed by atoms with van der Waals surface area (Å²) in [5.41, 5.74) is 1.34. The van der Waals surface area contributed by atoms with Gasteiger partial charge in [0.05, 0.1) is 12.1 Å². The van der Waals surface area contributed by atoms with Gasteiger partial charge in [-0.15, -0.1) is 0 Å². The Kier molecular flexibility index (Phi) is 15.6. The Morgan fingerprint density at radius 2 is 1.77 bits per heavy atom. The van der Waals surface area contributed by atoms with Crippen LogP contribution in [-0.2, 0) is 14.3 Å². The summed E-state index contributed by atoms with van der Waals surface area (Å²) in [6.45, 7) is 12.2. The van der Waals surface area contributed by atoms with E-state index in [-0.39, 0.29) is 60.6 Å². The topological polar surface area (TPSA) is 101 Å². The number of Topliss-reactive ketones (excluding diaryl/α,β-unsaturated/α-hetero) is 1. The van der Waals surface area contributed by atoms with Crippen LogP contribution in [0.15, 0.2) is 76.4 Å². The van der Waals surface area contributed by atoms with Crippen LogP contribution in [0.5, 0.6) is 0 Å². The molecule has 1 aromatic carbocycles. The molecule has 3 atom stereocenters. The molecule has 2 heterocycles. The molecule has 0 aliphatic carbocycles. The quantitative estimate of drug-likeness (QED) is 0.167. The number of nitrogens with zero attached hydrogens (tertiary/aromatic N) is 1. The van der Waals surface area contributed by atoms with Crippen LogP contribution in [0.4, 0.5) is 0 Å². The summed E-state index contributed by atoms with van der Waals surface area (Å²) in [6, 6.07) is 14.0. The first-order valence-electron chi connectivity index (χ1n) is 13.2. The molecule has 0 fully saturated rings. The van der Waals surface area contributed by atoms with Gasteiger partial charge in [0, 0.05) is 70.6 Å². The van der Waals surface area contributed by atoms with Crippen LogP contribution >= 0.6 is 0 Å². The Balaban J connectivity index is 0.000000612. The average molecular weight is 791 g/mol. The van der Waals surface area contributed by atoms with Crippen molar-refractivity contribution < 1.29 is 49.3 Å². The maximum absolute atomic E-state index is 12.8. The second-order valence-corrected chi connectivity index (χ2v) is 12.4. The molecule has 2 N–H and O–H groups in total. The molecule has 7 nitrogen and oxygen atoms in total. The van der Waals surface area contributed by atoms with Crippen LogP contribution in [0.25, 0.3) is 11.0 Å². The second kappa shape index (κ2) is 17.5. The maximum atomic E-state index is 12.8. The van der Waals surface area contributed by atoms with Crippen LogP contribution in [0.2, 0.25) is 0 Å². The maximum Gasteiger partial charge on any atom is 0.287 e. The molecule has 216 valence electrons. The molecule has 40 heavy (non-hydrogen) atoms. The molecule has 3 rings (SSSR count). The van der Waals surface area contributed by atoms with Gasteiger partial charge in [0.1, 0.15) is 10.6 Å². The first-order chi connectivity index (χ1) is 18.5. The molecule has 0 radical (unpaired) electrons. The average Bonchev–Trinajstić information content (AvgIpc) is 3.35. The third-order valence-electron chi connectivity index (χ3n) is 6.00. The molecular weight excluding hydrogens is 748 g/mol.